The van der Waals surface area contributed by atoms with Gasteiger partial charge in [-0.15, -0.1) is 38.0 Å². The van der Waals surface area contributed by atoms with Gasteiger partial charge in [0.25, 0.3) is 0 Å². The third kappa shape index (κ3) is 9.40. The summed E-state index contributed by atoms with van der Waals surface area (Å²) in [5.41, 5.74) is 1.61. The lowest BCUT2D eigenvalue weighted by atomic mass is 9.82. The summed E-state index contributed by atoms with van der Waals surface area (Å²) < 4.78 is 48.6. The third-order valence-corrected chi connectivity index (χ3v) is 7.96. The average molecular weight is 635 g/mol. The zero-order valence-electron chi connectivity index (χ0n) is 24.8. The van der Waals surface area contributed by atoms with E-state index in [1.807, 2.05) is 31.2 Å². The van der Waals surface area contributed by atoms with Crippen LogP contribution in [0.25, 0.3) is 0 Å². The summed E-state index contributed by atoms with van der Waals surface area (Å²) in [5, 5.41) is 3.37. The molecule has 0 aliphatic carbocycles. The van der Waals surface area contributed by atoms with Crippen LogP contribution in [0.4, 0.5) is 13.2 Å². The van der Waals surface area contributed by atoms with Crippen LogP contribution in [-0.2, 0) is 4.79 Å². The van der Waals surface area contributed by atoms with Crippen molar-refractivity contribution in [3.8, 4) is 11.5 Å². The van der Waals surface area contributed by atoms with Gasteiger partial charge in [-0.2, -0.15) is 0 Å². The fourth-order valence-electron chi connectivity index (χ4n) is 5.96. The molecule has 6 nitrogen and oxygen atoms in total. The van der Waals surface area contributed by atoms with Gasteiger partial charge in [-0.1, -0.05) is 51.1 Å². The topological polar surface area (TPSA) is 54.0 Å². The highest BCUT2D eigenvalue weighted by Gasteiger charge is 2.41. The maximum atomic E-state index is 13.6. The molecule has 4 rings (SSSR count). The van der Waals surface area contributed by atoms with Gasteiger partial charge < -0.3 is 19.7 Å². The smallest absolute Gasteiger partial charge is 0.494 e. The van der Waals surface area contributed by atoms with E-state index in [1.165, 1.54) is 12.1 Å². The van der Waals surface area contributed by atoms with E-state index in [0.717, 1.165) is 42.8 Å². The quantitative estimate of drug-likeness (QED) is 0.344. The molecule has 1 N–H and O–H groups in total. The van der Waals surface area contributed by atoms with E-state index in [4.69, 9.17) is 4.74 Å². The van der Waals surface area contributed by atoms with Crippen LogP contribution >= 0.6 is 24.8 Å². The lowest BCUT2D eigenvalue weighted by molar-refractivity contribution is -0.274. The van der Waals surface area contributed by atoms with Crippen LogP contribution < -0.4 is 14.8 Å². The van der Waals surface area contributed by atoms with Crippen molar-refractivity contribution in [3.63, 3.8) is 0 Å². The third-order valence-electron chi connectivity index (χ3n) is 7.96. The lowest BCUT2D eigenvalue weighted by Crippen LogP contribution is -2.60. The van der Waals surface area contributed by atoms with E-state index in [1.54, 1.807) is 12.1 Å². The highest BCUT2D eigenvalue weighted by molar-refractivity contribution is 5.85. The van der Waals surface area contributed by atoms with Crippen molar-refractivity contribution in [2.45, 2.75) is 65.4 Å². The molecule has 2 aromatic carbocycles. The zero-order chi connectivity index (χ0) is 28.9. The summed E-state index contributed by atoms with van der Waals surface area (Å²) in [6.07, 6.45) is -2.13. The number of ether oxygens (including phenoxy) is 2. The minimum absolute atomic E-state index is 0. The Labute approximate surface area is 260 Å². The molecule has 2 heterocycles. The molecule has 42 heavy (non-hydrogen) atoms. The van der Waals surface area contributed by atoms with Crippen LogP contribution in [0.15, 0.2) is 48.5 Å². The number of halogens is 5. The Morgan fingerprint density at radius 1 is 1.00 bits per heavy atom. The zero-order valence-corrected chi connectivity index (χ0v) is 26.4. The number of rotatable bonds is 8. The van der Waals surface area contributed by atoms with E-state index in [-0.39, 0.29) is 54.0 Å². The van der Waals surface area contributed by atoms with Gasteiger partial charge in [0.15, 0.2) is 0 Å². The molecule has 0 bridgehead atoms. The van der Waals surface area contributed by atoms with Crippen LogP contribution in [0.3, 0.4) is 0 Å². The molecule has 2 aliphatic rings. The molecule has 11 heteroatoms. The first kappa shape index (κ1) is 36.0. The average Bonchev–Trinajstić information content (AvgIpc) is 2.90. The molecular formula is C31H44Cl2F3N3O3. The van der Waals surface area contributed by atoms with Gasteiger partial charge in [0.05, 0.1) is 12.6 Å². The number of benzene rings is 2. The summed E-state index contributed by atoms with van der Waals surface area (Å²) in [5.74, 6) is 1.11. The van der Waals surface area contributed by atoms with E-state index < -0.39 is 6.36 Å². The van der Waals surface area contributed by atoms with Gasteiger partial charge in [0, 0.05) is 37.7 Å². The van der Waals surface area contributed by atoms with Crippen molar-refractivity contribution in [2.75, 3.05) is 39.3 Å². The number of hydrogen-bond donors (Lipinski definition) is 1. The standard InChI is InChI=1S/C31H42F3N3O3.2ClH/c1-5-39-26-9-7-6-8-25(26)29(23-10-12-24(13-11-23)40-31(32,33)34)36-18-19-37(27(21-36)30(2,3)4)28(38)20-22-14-16-35-17-15-22;;/h6-13,22,27,29,35H,5,14-21H2,1-4H3;2*1H/t27-,29?;;/m1../s1. The first-order chi connectivity index (χ1) is 19.0. The predicted octanol–water partition coefficient (Wildman–Crippen LogP) is 6.87. The molecule has 1 unspecified atom stereocenters. The Morgan fingerprint density at radius 3 is 2.24 bits per heavy atom. The van der Waals surface area contributed by atoms with Crippen molar-refractivity contribution >= 4 is 30.7 Å². The van der Waals surface area contributed by atoms with E-state index >= 15 is 0 Å². The minimum Gasteiger partial charge on any atom is -0.494 e. The minimum atomic E-state index is -4.75. The number of piperazine rings is 1. The second kappa shape index (κ2) is 15.5. The number of amides is 1. The van der Waals surface area contributed by atoms with Gasteiger partial charge in [0.2, 0.25) is 5.91 Å². The number of nitrogens with one attached hydrogen (secondary N) is 1. The van der Waals surface area contributed by atoms with Crippen LogP contribution in [0.2, 0.25) is 0 Å². The van der Waals surface area contributed by atoms with Gasteiger partial charge in [-0.25, -0.2) is 0 Å². The summed E-state index contributed by atoms with van der Waals surface area (Å²) in [6.45, 7) is 12.7. The number of nitrogens with zero attached hydrogens (tertiary/aromatic N) is 2. The van der Waals surface area contributed by atoms with Crippen LogP contribution in [0, 0.1) is 11.3 Å². The van der Waals surface area contributed by atoms with Crippen molar-refractivity contribution in [1.82, 2.24) is 15.1 Å². The predicted molar refractivity (Wildman–Crippen MR) is 164 cm³/mol. The molecule has 0 radical (unpaired) electrons. The molecule has 2 fully saturated rings. The second-order valence-corrected chi connectivity index (χ2v) is 11.9. The molecule has 2 atom stereocenters. The Hall–Kier alpha value is -2.20. The number of para-hydroxylation sites is 1. The summed E-state index contributed by atoms with van der Waals surface area (Å²) >= 11 is 0. The van der Waals surface area contributed by atoms with Crippen molar-refractivity contribution in [3.05, 3.63) is 59.7 Å². The molecule has 2 aliphatic heterocycles. The number of alkyl halides is 3. The van der Waals surface area contributed by atoms with Crippen molar-refractivity contribution in [1.29, 1.82) is 0 Å². The monoisotopic (exact) mass is 633 g/mol. The van der Waals surface area contributed by atoms with Crippen molar-refractivity contribution < 1.29 is 27.4 Å². The highest BCUT2D eigenvalue weighted by atomic mass is 35.5. The Bertz CT molecular complexity index is 1120. The number of carbonyl (C=O) groups is 1. The van der Waals surface area contributed by atoms with Gasteiger partial charge >= 0.3 is 6.36 Å². The Balaban J connectivity index is 0.00000308. The fourth-order valence-corrected chi connectivity index (χ4v) is 5.96. The van der Waals surface area contributed by atoms with Gasteiger partial charge in [0.1, 0.15) is 11.5 Å². The highest BCUT2D eigenvalue weighted by Crippen LogP contribution is 2.39. The van der Waals surface area contributed by atoms with E-state index in [9.17, 15) is 18.0 Å². The van der Waals surface area contributed by atoms with Gasteiger partial charge in [-0.05, 0) is 68.0 Å². The fraction of sp³-hybridized carbons (Fsp3) is 0.581. The molecule has 0 saturated carbocycles. The van der Waals surface area contributed by atoms with Crippen LogP contribution in [-0.4, -0.2) is 67.4 Å². The molecule has 0 spiro atoms. The Kier molecular flexibility index (Phi) is 13.3. The summed E-state index contributed by atoms with van der Waals surface area (Å²) in [6, 6.07) is 13.6. The van der Waals surface area contributed by atoms with Crippen molar-refractivity contribution in [2.24, 2.45) is 11.3 Å². The maximum Gasteiger partial charge on any atom is 0.573 e. The molecule has 2 aromatic rings. The molecule has 0 aromatic heterocycles. The van der Waals surface area contributed by atoms with E-state index in [2.05, 4.69) is 40.6 Å². The van der Waals surface area contributed by atoms with E-state index in [0.29, 0.717) is 38.6 Å². The molecular weight excluding hydrogens is 590 g/mol. The number of hydrogen-bond acceptors (Lipinski definition) is 5. The summed E-state index contributed by atoms with van der Waals surface area (Å²) in [7, 11) is 0. The molecule has 2 saturated heterocycles. The lowest BCUT2D eigenvalue weighted by Gasteiger charge is -2.50. The number of piperidine rings is 1. The first-order valence-electron chi connectivity index (χ1n) is 14.3. The normalized spacial score (nSPS) is 19.3. The van der Waals surface area contributed by atoms with Crippen LogP contribution in [0.5, 0.6) is 11.5 Å². The molecule has 236 valence electrons. The maximum absolute atomic E-state index is 13.6. The summed E-state index contributed by atoms with van der Waals surface area (Å²) in [4.78, 5) is 18.0. The Morgan fingerprint density at radius 2 is 1.64 bits per heavy atom. The first-order valence-corrected chi connectivity index (χ1v) is 14.3. The molecule has 1 amide bonds. The second-order valence-electron chi connectivity index (χ2n) is 11.9. The number of carbonyl (C=O) groups excluding carboxylic acids is 1. The van der Waals surface area contributed by atoms with Gasteiger partial charge in [-0.3, -0.25) is 9.69 Å². The SMILES string of the molecule is CCOc1ccccc1C(c1ccc(OC(F)(F)F)cc1)N1CCN(C(=O)CC2CCNCC2)[C@@H](C(C)(C)C)C1.Cl.Cl. The van der Waals surface area contributed by atoms with Crippen LogP contribution in [0.1, 0.15) is 64.1 Å². The largest absolute Gasteiger partial charge is 0.573 e.